The van der Waals surface area contributed by atoms with Crippen LogP contribution in [0.25, 0.3) is 0 Å². The first kappa shape index (κ1) is 18.1. The van der Waals surface area contributed by atoms with E-state index < -0.39 is 0 Å². The van der Waals surface area contributed by atoms with Crippen molar-refractivity contribution in [1.82, 2.24) is 15.3 Å². The highest BCUT2D eigenvalue weighted by atomic mass is 32.2. The Bertz CT molecular complexity index is 722. The molecule has 0 unspecified atom stereocenters. The summed E-state index contributed by atoms with van der Waals surface area (Å²) in [5, 5.41) is 3.55. The average Bonchev–Trinajstić information content (AvgIpc) is 2.61. The maximum absolute atomic E-state index is 12.3. The zero-order chi connectivity index (χ0) is 17.5. The number of carbonyl (C=O) groups excluding carboxylic acids is 1. The van der Waals surface area contributed by atoms with Crippen molar-refractivity contribution in [2.45, 2.75) is 18.5 Å². The average molecular weight is 347 g/mol. The zero-order valence-electron chi connectivity index (χ0n) is 14.3. The van der Waals surface area contributed by atoms with Crippen LogP contribution >= 0.6 is 11.8 Å². The molecule has 0 aliphatic heterocycles. The molecule has 0 spiro atoms. The lowest BCUT2D eigenvalue weighted by atomic mass is 10.1. The molecule has 2 rings (SSSR count). The quantitative estimate of drug-likeness (QED) is 0.613. The van der Waals surface area contributed by atoms with Crippen molar-refractivity contribution in [3.05, 3.63) is 41.2 Å². The van der Waals surface area contributed by atoms with E-state index >= 15 is 0 Å². The Balaban J connectivity index is 2.00. The van der Waals surface area contributed by atoms with Crippen molar-refractivity contribution < 1.29 is 14.3 Å². The van der Waals surface area contributed by atoms with E-state index in [1.54, 1.807) is 27.3 Å². The lowest BCUT2D eigenvalue weighted by molar-refractivity contribution is 0.0952. The molecule has 0 aliphatic rings. The second kappa shape index (κ2) is 8.54. The largest absolute Gasteiger partial charge is 0.497 e. The van der Waals surface area contributed by atoms with Crippen LogP contribution in [0.5, 0.6) is 11.5 Å². The minimum Gasteiger partial charge on any atom is -0.497 e. The van der Waals surface area contributed by atoms with Crippen LogP contribution in [0, 0.1) is 6.92 Å². The van der Waals surface area contributed by atoms with Gasteiger partial charge >= 0.3 is 0 Å². The Kier molecular flexibility index (Phi) is 6.43. The molecule has 1 N–H and O–H groups in total. The zero-order valence-corrected chi connectivity index (χ0v) is 15.1. The van der Waals surface area contributed by atoms with Crippen molar-refractivity contribution in [2.75, 3.05) is 27.0 Å². The molecule has 0 radical (unpaired) electrons. The van der Waals surface area contributed by atoms with Crippen LogP contribution in [-0.4, -0.2) is 42.9 Å². The molecular weight excluding hydrogens is 326 g/mol. The van der Waals surface area contributed by atoms with E-state index in [4.69, 9.17) is 9.47 Å². The van der Waals surface area contributed by atoms with Gasteiger partial charge in [0.25, 0.3) is 5.91 Å². The summed E-state index contributed by atoms with van der Waals surface area (Å²) in [6.07, 6.45) is 4.10. The molecule has 1 amide bonds. The number of thioether (sulfide) groups is 1. The van der Waals surface area contributed by atoms with E-state index in [0.717, 1.165) is 17.1 Å². The second-order valence-electron chi connectivity index (χ2n) is 5.04. The number of aromatic nitrogens is 2. The number of methoxy groups -OCH3 is 2. The number of carbonyl (C=O) groups is 1. The maximum atomic E-state index is 12.3. The van der Waals surface area contributed by atoms with E-state index in [-0.39, 0.29) is 5.91 Å². The molecule has 7 heteroatoms. The molecule has 0 saturated heterocycles. The van der Waals surface area contributed by atoms with Gasteiger partial charge in [0.15, 0.2) is 5.16 Å². The number of ether oxygens (including phenoxy) is 2. The SMILES string of the molecule is COc1ccc(OC)c(CCNC(=O)c2cnc(SC)nc2C)c1. The van der Waals surface area contributed by atoms with Gasteiger partial charge in [0.2, 0.25) is 0 Å². The van der Waals surface area contributed by atoms with Crippen molar-refractivity contribution in [3.8, 4) is 11.5 Å². The summed E-state index contributed by atoms with van der Waals surface area (Å²) in [4.78, 5) is 20.7. The second-order valence-corrected chi connectivity index (χ2v) is 5.81. The van der Waals surface area contributed by atoms with E-state index in [1.165, 1.54) is 11.8 Å². The smallest absolute Gasteiger partial charge is 0.254 e. The third-order valence-electron chi connectivity index (χ3n) is 3.55. The molecule has 0 fully saturated rings. The molecule has 128 valence electrons. The third kappa shape index (κ3) is 4.38. The third-order valence-corrected chi connectivity index (χ3v) is 4.11. The van der Waals surface area contributed by atoms with Crippen LogP contribution in [-0.2, 0) is 6.42 Å². The number of amides is 1. The van der Waals surface area contributed by atoms with Crippen molar-refractivity contribution in [2.24, 2.45) is 0 Å². The Morgan fingerprint density at radius 1 is 1.29 bits per heavy atom. The lowest BCUT2D eigenvalue weighted by Gasteiger charge is -2.11. The Hall–Kier alpha value is -2.28. The van der Waals surface area contributed by atoms with Gasteiger partial charge in [-0.2, -0.15) is 0 Å². The summed E-state index contributed by atoms with van der Waals surface area (Å²) in [7, 11) is 3.24. The molecule has 6 nitrogen and oxygen atoms in total. The first-order valence-corrected chi connectivity index (χ1v) is 8.68. The highest BCUT2D eigenvalue weighted by molar-refractivity contribution is 7.98. The summed E-state index contributed by atoms with van der Waals surface area (Å²) in [5.41, 5.74) is 2.14. The Morgan fingerprint density at radius 3 is 2.71 bits per heavy atom. The fourth-order valence-electron chi connectivity index (χ4n) is 2.25. The van der Waals surface area contributed by atoms with Gasteiger partial charge in [-0.05, 0) is 43.4 Å². The van der Waals surface area contributed by atoms with Crippen LogP contribution < -0.4 is 14.8 Å². The fraction of sp³-hybridized carbons (Fsp3) is 0.353. The van der Waals surface area contributed by atoms with Gasteiger partial charge < -0.3 is 14.8 Å². The van der Waals surface area contributed by atoms with E-state index in [1.807, 2.05) is 24.5 Å². The predicted octanol–water partition coefficient (Wildman–Crippen LogP) is 2.50. The predicted molar refractivity (Wildman–Crippen MR) is 94.1 cm³/mol. The standard InChI is InChI=1S/C17H21N3O3S/c1-11-14(10-19-17(20-11)24-4)16(21)18-8-7-12-9-13(22-2)5-6-15(12)23-3/h5-6,9-10H,7-8H2,1-4H3,(H,18,21). The van der Waals surface area contributed by atoms with Crippen LogP contribution in [0.3, 0.4) is 0 Å². The molecule has 1 aromatic carbocycles. The summed E-state index contributed by atoms with van der Waals surface area (Å²) < 4.78 is 10.6. The van der Waals surface area contributed by atoms with Crippen molar-refractivity contribution >= 4 is 17.7 Å². The molecule has 1 heterocycles. The minimum absolute atomic E-state index is 0.179. The van der Waals surface area contributed by atoms with Gasteiger partial charge in [-0.3, -0.25) is 4.79 Å². The number of rotatable bonds is 7. The number of hydrogen-bond acceptors (Lipinski definition) is 6. The summed E-state index contributed by atoms with van der Waals surface area (Å²) >= 11 is 1.45. The first-order valence-electron chi connectivity index (χ1n) is 7.45. The molecular formula is C17H21N3O3S. The molecule has 0 aliphatic carbocycles. The molecule has 24 heavy (non-hydrogen) atoms. The van der Waals surface area contributed by atoms with Gasteiger partial charge in [-0.25, -0.2) is 9.97 Å². The van der Waals surface area contributed by atoms with Gasteiger partial charge in [-0.1, -0.05) is 11.8 Å². The van der Waals surface area contributed by atoms with Gasteiger partial charge in [-0.15, -0.1) is 0 Å². The maximum Gasteiger partial charge on any atom is 0.254 e. The molecule has 0 atom stereocenters. The molecule has 2 aromatic rings. The van der Waals surface area contributed by atoms with E-state index in [9.17, 15) is 4.79 Å². The Labute approximate surface area is 146 Å². The normalized spacial score (nSPS) is 10.3. The van der Waals surface area contributed by atoms with Crippen molar-refractivity contribution in [3.63, 3.8) is 0 Å². The Morgan fingerprint density at radius 2 is 2.08 bits per heavy atom. The topological polar surface area (TPSA) is 73.3 Å². The number of nitrogens with one attached hydrogen (secondary N) is 1. The number of hydrogen-bond donors (Lipinski definition) is 1. The van der Waals surface area contributed by atoms with Crippen LogP contribution in [0.15, 0.2) is 29.6 Å². The fourth-order valence-corrected chi connectivity index (χ4v) is 2.64. The molecule has 0 saturated carbocycles. The van der Waals surface area contributed by atoms with Gasteiger partial charge in [0.1, 0.15) is 11.5 Å². The van der Waals surface area contributed by atoms with Crippen LogP contribution in [0.4, 0.5) is 0 Å². The van der Waals surface area contributed by atoms with Gasteiger partial charge in [0.05, 0.1) is 25.5 Å². The number of aryl methyl sites for hydroxylation is 1. The minimum atomic E-state index is -0.179. The molecule has 1 aromatic heterocycles. The van der Waals surface area contributed by atoms with Gasteiger partial charge in [0, 0.05) is 12.7 Å². The number of nitrogens with zero attached hydrogens (tertiary/aromatic N) is 2. The highest BCUT2D eigenvalue weighted by Crippen LogP contribution is 2.24. The summed E-state index contributed by atoms with van der Waals surface area (Å²) in [5.74, 6) is 1.35. The van der Waals surface area contributed by atoms with Crippen LogP contribution in [0.1, 0.15) is 21.6 Å². The van der Waals surface area contributed by atoms with E-state index in [2.05, 4.69) is 15.3 Å². The lowest BCUT2D eigenvalue weighted by Crippen LogP contribution is -2.27. The molecule has 0 bridgehead atoms. The highest BCUT2D eigenvalue weighted by Gasteiger charge is 2.12. The van der Waals surface area contributed by atoms with E-state index in [0.29, 0.717) is 29.4 Å². The van der Waals surface area contributed by atoms with Crippen molar-refractivity contribution in [1.29, 1.82) is 0 Å². The monoisotopic (exact) mass is 347 g/mol. The van der Waals surface area contributed by atoms with Crippen LogP contribution in [0.2, 0.25) is 0 Å². The summed E-state index contributed by atoms with van der Waals surface area (Å²) in [6, 6.07) is 5.61. The first-order chi connectivity index (χ1) is 11.6. The summed E-state index contributed by atoms with van der Waals surface area (Å²) in [6.45, 7) is 2.29. The number of benzene rings is 1.